The molecule has 0 bridgehead atoms. The van der Waals surface area contributed by atoms with Crippen LogP contribution in [0, 0.1) is 0 Å². The van der Waals surface area contributed by atoms with Crippen LogP contribution in [-0.4, -0.2) is 17.1 Å². The van der Waals surface area contributed by atoms with Gasteiger partial charge in [-0.3, -0.25) is 4.79 Å². The first-order chi connectivity index (χ1) is 15.7. The Kier molecular flexibility index (Phi) is 6.75. The van der Waals surface area contributed by atoms with E-state index in [2.05, 4.69) is 42.6 Å². The van der Waals surface area contributed by atoms with Gasteiger partial charge in [0, 0.05) is 18.5 Å². The van der Waals surface area contributed by atoms with Crippen LogP contribution < -0.4 is 5.32 Å². The fourth-order valence-electron chi connectivity index (χ4n) is 5.10. The summed E-state index contributed by atoms with van der Waals surface area (Å²) < 4.78 is 40.2. The number of benzene rings is 3. The predicted octanol–water partition coefficient (Wildman–Crippen LogP) is 6.86. The number of hydrogen-bond donors (Lipinski definition) is 2. The second-order valence-corrected chi connectivity index (χ2v) is 8.97. The van der Waals surface area contributed by atoms with Gasteiger partial charge in [0.05, 0.1) is 5.56 Å². The van der Waals surface area contributed by atoms with Crippen molar-refractivity contribution >= 4 is 16.7 Å². The Labute approximate surface area is 191 Å². The zero-order valence-corrected chi connectivity index (χ0v) is 18.5. The molecule has 3 atom stereocenters. The fraction of sp³-hybridized carbons (Fsp3) is 0.370. The lowest BCUT2D eigenvalue weighted by molar-refractivity contribution is -0.140. The molecular formula is C27H28F3NO2. The van der Waals surface area contributed by atoms with Crippen LogP contribution in [0.15, 0.2) is 60.7 Å². The molecule has 6 heteroatoms. The number of aliphatic carboxylic acids is 1. The summed E-state index contributed by atoms with van der Waals surface area (Å²) in [6.07, 6.45) is -2.23. The highest BCUT2D eigenvalue weighted by molar-refractivity contribution is 5.86. The molecule has 0 aromatic heterocycles. The van der Waals surface area contributed by atoms with Crippen molar-refractivity contribution in [3.8, 4) is 0 Å². The Balaban J connectivity index is 1.48. The van der Waals surface area contributed by atoms with E-state index in [9.17, 15) is 18.0 Å². The second-order valence-electron chi connectivity index (χ2n) is 8.97. The average molecular weight is 456 g/mol. The Morgan fingerprint density at radius 1 is 1.09 bits per heavy atom. The molecule has 3 aromatic rings. The molecule has 0 aliphatic heterocycles. The van der Waals surface area contributed by atoms with E-state index in [1.807, 2.05) is 12.1 Å². The summed E-state index contributed by atoms with van der Waals surface area (Å²) in [5.74, 6) is -0.936. The van der Waals surface area contributed by atoms with Crippen molar-refractivity contribution in [2.24, 2.45) is 0 Å². The van der Waals surface area contributed by atoms with Gasteiger partial charge < -0.3 is 10.4 Å². The minimum absolute atomic E-state index is 0.0722. The van der Waals surface area contributed by atoms with Gasteiger partial charge in [-0.05, 0) is 72.1 Å². The molecule has 0 radical (unpaired) electrons. The van der Waals surface area contributed by atoms with E-state index >= 15 is 0 Å². The van der Waals surface area contributed by atoms with Gasteiger partial charge in [0.1, 0.15) is 0 Å². The zero-order chi connectivity index (χ0) is 23.6. The van der Waals surface area contributed by atoms with Gasteiger partial charge in [0.15, 0.2) is 0 Å². The molecule has 2 N–H and O–H groups in total. The van der Waals surface area contributed by atoms with Gasteiger partial charge >= 0.3 is 12.1 Å². The van der Waals surface area contributed by atoms with Crippen molar-refractivity contribution in [3.63, 3.8) is 0 Å². The normalized spacial score (nSPS) is 19.6. The maximum atomic E-state index is 13.4. The summed E-state index contributed by atoms with van der Waals surface area (Å²) in [6, 6.07) is 19.3. The van der Waals surface area contributed by atoms with E-state index in [1.165, 1.54) is 16.3 Å². The maximum Gasteiger partial charge on any atom is 0.416 e. The number of hydrogen-bond acceptors (Lipinski definition) is 2. The quantitative estimate of drug-likeness (QED) is 0.409. The molecule has 1 fully saturated rings. The smallest absolute Gasteiger partial charge is 0.416 e. The van der Waals surface area contributed by atoms with Crippen molar-refractivity contribution in [2.45, 2.75) is 63.2 Å². The summed E-state index contributed by atoms with van der Waals surface area (Å²) >= 11 is 0. The standard InChI is InChI=1S/C27H28F3NO2/c1-17(23-8-4-6-18-5-2-3-7-24(18)23)31-22-12-9-20(16-22)19-10-13-25(27(28,29)30)21(15-19)11-14-26(32)33/h2-8,10,13,15,17,20,22,31H,9,11-12,14,16H2,1H3,(H,32,33). The van der Waals surface area contributed by atoms with Crippen LogP contribution in [-0.2, 0) is 17.4 Å². The molecule has 3 aromatic carbocycles. The Morgan fingerprint density at radius 3 is 2.61 bits per heavy atom. The summed E-state index contributed by atoms with van der Waals surface area (Å²) in [5.41, 5.74) is 1.44. The number of nitrogens with one attached hydrogen (secondary N) is 1. The van der Waals surface area contributed by atoms with Crippen LogP contribution in [0.3, 0.4) is 0 Å². The Hall–Kier alpha value is -2.86. The highest BCUT2D eigenvalue weighted by atomic mass is 19.4. The molecule has 33 heavy (non-hydrogen) atoms. The number of aryl methyl sites for hydroxylation is 1. The number of alkyl halides is 3. The van der Waals surface area contributed by atoms with Crippen LogP contribution in [0.25, 0.3) is 10.8 Å². The third-order valence-corrected chi connectivity index (χ3v) is 6.72. The van der Waals surface area contributed by atoms with Crippen molar-refractivity contribution in [1.29, 1.82) is 0 Å². The van der Waals surface area contributed by atoms with E-state index in [0.717, 1.165) is 30.9 Å². The lowest BCUT2D eigenvalue weighted by Crippen LogP contribution is -2.29. The van der Waals surface area contributed by atoms with Crippen molar-refractivity contribution in [3.05, 3.63) is 82.9 Å². The number of carboxylic acids is 1. The zero-order valence-electron chi connectivity index (χ0n) is 18.5. The Bertz CT molecular complexity index is 1140. The summed E-state index contributed by atoms with van der Waals surface area (Å²) in [5, 5.41) is 15.1. The van der Waals surface area contributed by atoms with Gasteiger partial charge in [-0.15, -0.1) is 0 Å². The topological polar surface area (TPSA) is 49.3 Å². The van der Waals surface area contributed by atoms with Crippen molar-refractivity contribution in [1.82, 2.24) is 5.32 Å². The number of fused-ring (bicyclic) bond motifs is 1. The van der Waals surface area contributed by atoms with E-state index in [1.54, 1.807) is 12.1 Å². The number of carbonyl (C=O) groups is 1. The molecule has 3 nitrogen and oxygen atoms in total. The summed E-state index contributed by atoms with van der Waals surface area (Å²) in [6.45, 7) is 2.15. The molecule has 0 heterocycles. The van der Waals surface area contributed by atoms with E-state index in [4.69, 9.17) is 5.11 Å². The maximum absolute atomic E-state index is 13.4. The fourth-order valence-corrected chi connectivity index (χ4v) is 5.10. The second kappa shape index (κ2) is 9.56. The monoisotopic (exact) mass is 455 g/mol. The minimum Gasteiger partial charge on any atom is -0.481 e. The average Bonchev–Trinajstić information content (AvgIpc) is 3.24. The summed E-state index contributed by atoms with van der Waals surface area (Å²) in [4.78, 5) is 10.9. The molecule has 4 rings (SSSR count). The molecule has 0 amide bonds. The SMILES string of the molecule is CC(NC1CCC(c2ccc(C(F)(F)F)c(CCC(=O)O)c2)C1)c1cccc2ccccc12. The Morgan fingerprint density at radius 2 is 1.85 bits per heavy atom. The van der Waals surface area contributed by atoms with Crippen molar-refractivity contribution in [2.75, 3.05) is 0 Å². The van der Waals surface area contributed by atoms with Gasteiger partial charge in [-0.2, -0.15) is 13.2 Å². The minimum atomic E-state index is -4.49. The van der Waals surface area contributed by atoms with Gasteiger partial charge in [0.2, 0.25) is 0 Å². The third kappa shape index (κ3) is 5.38. The molecule has 3 unspecified atom stereocenters. The molecular weight excluding hydrogens is 427 g/mol. The lowest BCUT2D eigenvalue weighted by atomic mass is 9.91. The van der Waals surface area contributed by atoms with Crippen LogP contribution >= 0.6 is 0 Å². The first kappa shape index (κ1) is 23.3. The summed E-state index contributed by atoms with van der Waals surface area (Å²) in [7, 11) is 0. The number of carboxylic acid groups (broad SMARTS) is 1. The van der Waals surface area contributed by atoms with Crippen LogP contribution in [0.2, 0.25) is 0 Å². The molecule has 174 valence electrons. The number of halogens is 3. The van der Waals surface area contributed by atoms with E-state index in [-0.39, 0.29) is 36.4 Å². The first-order valence-corrected chi connectivity index (χ1v) is 11.4. The largest absolute Gasteiger partial charge is 0.481 e. The van der Waals surface area contributed by atoms with Gasteiger partial charge in [-0.25, -0.2) is 0 Å². The van der Waals surface area contributed by atoms with E-state index in [0.29, 0.717) is 0 Å². The van der Waals surface area contributed by atoms with Gasteiger partial charge in [0.25, 0.3) is 0 Å². The van der Waals surface area contributed by atoms with Crippen LogP contribution in [0.1, 0.15) is 66.8 Å². The van der Waals surface area contributed by atoms with Crippen LogP contribution in [0.4, 0.5) is 13.2 Å². The highest BCUT2D eigenvalue weighted by Gasteiger charge is 2.34. The van der Waals surface area contributed by atoms with Gasteiger partial charge in [-0.1, -0.05) is 54.6 Å². The first-order valence-electron chi connectivity index (χ1n) is 11.4. The molecule has 1 aliphatic carbocycles. The molecule has 1 aliphatic rings. The molecule has 0 spiro atoms. The van der Waals surface area contributed by atoms with Crippen LogP contribution in [0.5, 0.6) is 0 Å². The lowest BCUT2D eigenvalue weighted by Gasteiger charge is -2.22. The number of rotatable bonds is 7. The predicted molar refractivity (Wildman–Crippen MR) is 123 cm³/mol. The third-order valence-electron chi connectivity index (χ3n) is 6.72. The molecule has 1 saturated carbocycles. The highest BCUT2D eigenvalue weighted by Crippen LogP contribution is 2.39. The molecule has 0 saturated heterocycles. The van der Waals surface area contributed by atoms with E-state index < -0.39 is 17.7 Å². The van der Waals surface area contributed by atoms with Crippen molar-refractivity contribution < 1.29 is 23.1 Å².